The van der Waals surface area contributed by atoms with Crippen molar-refractivity contribution in [3.63, 3.8) is 0 Å². The van der Waals surface area contributed by atoms with Gasteiger partial charge in [-0.2, -0.15) is 0 Å². The molecule has 0 atom stereocenters. The molecule has 1 radical (unpaired) electrons. The summed E-state index contributed by atoms with van der Waals surface area (Å²) in [5.41, 5.74) is -2.39. The topological polar surface area (TPSA) is 18.5 Å². The SMILES string of the molecule is CC(C)OP(=S)([S-])OC(C)C.c1cc[c]([Sb][c]2ccccc2)cc1. The number of rotatable bonds is 6. The molecule has 2 aromatic carbocycles. The van der Waals surface area contributed by atoms with Gasteiger partial charge in [-0.15, -0.1) is 0 Å². The molecule has 131 valence electrons. The molecule has 0 aliphatic rings. The van der Waals surface area contributed by atoms with E-state index in [1.807, 2.05) is 27.7 Å². The Morgan fingerprint density at radius 3 is 1.42 bits per heavy atom. The first-order valence-corrected chi connectivity index (χ1v) is 14.0. The van der Waals surface area contributed by atoms with Crippen molar-refractivity contribution in [1.82, 2.24) is 0 Å². The second kappa shape index (κ2) is 11.7. The maximum absolute atomic E-state index is 5.27. The van der Waals surface area contributed by atoms with Crippen LogP contribution in [-0.4, -0.2) is 33.8 Å². The van der Waals surface area contributed by atoms with Crippen LogP contribution in [0.1, 0.15) is 27.7 Å². The molecule has 0 fully saturated rings. The molecule has 0 amide bonds. The second-order valence-electron chi connectivity index (χ2n) is 5.54. The van der Waals surface area contributed by atoms with E-state index in [-0.39, 0.29) is 33.8 Å². The van der Waals surface area contributed by atoms with Gasteiger partial charge in [0.1, 0.15) is 0 Å². The van der Waals surface area contributed by atoms with Gasteiger partial charge < -0.3 is 21.3 Å². The quantitative estimate of drug-likeness (QED) is 0.348. The van der Waals surface area contributed by atoms with Gasteiger partial charge in [-0.1, -0.05) is 11.8 Å². The summed E-state index contributed by atoms with van der Waals surface area (Å²) in [7, 11) is 0. The molecule has 2 nitrogen and oxygen atoms in total. The van der Waals surface area contributed by atoms with Gasteiger partial charge in [0.25, 0.3) is 0 Å². The van der Waals surface area contributed by atoms with Crippen molar-refractivity contribution in [2.45, 2.75) is 39.9 Å². The summed E-state index contributed by atoms with van der Waals surface area (Å²) < 4.78 is 13.6. The minimum atomic E-state index is -2.39. The Labute approximate surface area is 167 Å². The Kier molecular flexibility index (Phi) is 10.9. The van der Waals surface area contributed by atoms with Crippen LogP contribution in [0, 0.1) is 0 Å². The predicted molar refractivity (Wildman–Crippen MR) is 112 cm³/mol. The van der Waals surface area contributed by atoms with E-state index >= 15 is 0 Å². The standard InChI is InChI=1S/C6H15O2PS2.2C6H5.Sb/c1-5(2)7-9(10,11)8-6(3)4;2*1-2-4-6-5-3-1;/h5-6H,1-4H3,(H,10,11);2*1-5H;/p-1. The van der Waals surface area contributed by atoms with E-state index in [4.69, 9.17) is 33.1 Å². The second-order valence-corrected chi connectivity index (χ2v) is 14.0. The van der Waals surface area contributed by atoms with Gasteiger partial charge in [0.15, 0.2) is 0 Å². The van der Waals surface area contributed by atoms with Crippen LogP contribution in [0.15, 0.2) is 60.7 Å². The molecule has 0 aliphatic carbocycles. The van der Waals surface area contributed by atoms with Crippen LogP contribution in [0.25, 0.3) is 0 Å². The van der Waals surface area contributed by atoms with Crippen LogP contribution in [0.4, 0.5) is 0 Å². The zero-order chi connectivity index (χ0) is 18.0. The summed E-state index contributed by atoms with van der Waals surface area (Å²) in [5, 5.41) is 0. The Bertz CT molecular complexity index is 570. The molecule has 0 unspecified atom stereocenters. The first-order valence-electron chi connectivity index (χ1n) is 7.78. The van der Waals surface area contributed by atoms with Crippen LogP contribution in [0.2, 0.25) is 0 Å². The molecular formula is C18H24O2PS2Sb-. The van der Waals surface area contributed by atoms with Gasteiger partial charge in [0.2, 0.25) is 0 Å². The first-order chi connectivity index (χ1) is 11.3. The fraction of sp³-hybridized carbons (Fsp3) is 0.333. The number of hydrogen-bond donors (Lipinski definition) is 0. The van der Waals surface area contributed by atoms with E-state index < -0.39 is 5.69 Å². The summed E-state index contributed by atoms with van der Waals surface area (Å²) in [6, 6.07) is 21.5. The Morgan fingerprint density at radius 1 is 0.792 bits per heavy atom. The summed E-state index contributed by atoms with van der Waals surface area (Å²) >= 11 is 9.62. The molecule has 0 aromatic heterocycles. The van der Waals surface area contributed by atoms with Crippen LogP contribution in [0.3, 0.4) is 0 Å². The summed E-state index contributed by atoms with van der Waals surface area (Å²) in [6.07, 6.45) is 0.106. The third-order valence-corrected chi connectivity index (χ3v) is 8.02. The van der Waals surface area contributed by atoms with E-state index in [0.717, 1.165) is 0 Å². The van der Waals surface area contributed by atoms with Crippen LogP contribution >= 0.6 is 5.69 Å². The van der Waals surface area contributed by atoms with Gasteiger partial charge in [-0.3, -0.25) is 0 Å². The Balaban J connectivity index is 0.000000245. The summed E-state index contributed by atoms with van der Waals surface area (Å²) in [4.78, 5) is 0. The Morgan fingerprint density at radius 2 is 1.12 bits per heavy atom. The van der Waals surface area contributed by atoms with Gasteiger partial charge in [-0.25, -0.2) is 0 Å². The molecule has 6 heteroatoms. The monoisotopic (exact) mass is 488 g/mol. The van der Waals surface area contributed by atoms with Crippen LogP contribution < -0.4 is 7.02 Å². The van der Waals surface area contributed by atoms with Gasteiger partial charge >= 0.3 is 89.3 Å². The van der Waals surface area contributed by atoms with Crippen molar-refractivity contribution in [1.29, 1.82) is 0 Å². The molecule has 2 aromatic rings. The van der Waals surface area contributed by atoms with Gasteiger partial charge in [-0.05, 0) is 27.7 Å². The number of benzene rings is 2. The fourth-order valence-electron chi connectivity index (χ4n) is 1.70. The van der Waals surface area contributed by atoms with Crippen LogP contribution in [0.5, 0.6) is 0 Å². The average molecular weight is 489 g/mol. The van der Waals surface area contributed by atoms with E-state index in [0.29, 0.717) is 0 Å². The summed E-state index contributed by atoms with van der Waals surface area (Å²) in [5.74, 6) is 0. The molecular weight excluding hydrogens is 465 g/mol. The zero-order valence-electron chi connectivity index (χ0n) is 14.5. The van der Waals surface area contributed by atoms with Crippen molar-refractivity contribution in [2.75, 3.05) is 0 Å². The Hall–Kier alpha value is 0.178. The minimum absolute atomic E-state index is 0.0529. The van der Waals surface area contributed by atoms with Crippen LogP contribution in [-0.2, 0) is 33.1 Å². The fourth-order valence-corrected chi connectivity index (χ4v) is 7.53. The molecule has 24 heavy (non-hydrogen) atoms. The molecule has 0 aliphatic heterocycles. The maximum atomic E-state index is 5.27. The third kappa shape index (κ3) is 10.9. The first kappa shape index (κ1) is 22.2. The molecule has 0 spiro atoms. The number of hydrogen-bond acceptors (Lipinski definition) is 4. The van der Waals surface area contributed by atoms with E-state index in [2.05, 4.69) is 60.7 Å². The van der Waals surface area contributed by atoms with Gasteiger partial charge in [0.05, 0.1) is 17.9 Å². The van der Waals surface area contributed by atoms with E-state index in [1.54, 1.807) is 0 Å². The molecule has 0 heterocycles. The van der Waals surface area contributed by atoms with E-state index in [9.17, 15) is 0 Å². The zero-order valence-corrected chi connectivity index (χ0v) is 19.5. The van der Waals surface area contributed by atoms with Crippen molar-refractivity contribution in [3.05, 3.63) is 60.7 Å². The molecule has 0 saturated carbocycles. The van der Waals surface area contributed by atoms with Crippen molar-refractivity contribution >= 4 is 58.4 Å². The van der Waals surface area contributed by atoms with Gasteiger partial charge in [0, 0.05) is 0 Å². The predicted octanol–water partition coefficient (Wildman–Crippen LogP) is 3.95. The molecule has 2 rings (SSSR count). The third-order valence-electron chi connectivity index (χ3n) is 2.45. The summed E-state index contributed by atoms with van der Waals surface area (Å²) in [6.45, 7) is 7.60. The van der Waals surface area contributed by atoms with Crippen molar-refractivity contribution in [3.8, 4) is 0 Å². The van der Waals surface area contributed by atoms with Crippen molar-refractivity contribution < 1.29 is 9.05 Å². The molecule has 0 bridgehead atoms. The van der Waals surface area contributed by atoms with E-state index in [1.165, 1.54) is 7.02 Å². The molecule has 0 saturated heterocycles. The average Bonchev–Trinajstić information content (AvgIpc) is 2.47. The normalized spacial score (nSPS) is 11.3. The van der Waals surface area contributed by atoms with Crippen molar-refractivity contribution in [2.24, 2.45) is 0 Å². The molecule has 0 N–H and O–H groups in total.